The van der Waals surface area contributed by atoms with Gasteiger partial charge in [-0.1, -0.05) is 23.8 Å². The Kier molecular flexibility index (Phi) is 8.09. The number of carbonyl (C=O) groups excluding carboxylic acids is 1. The van der Waals surface area contributed by atoms with Gasteiger partial charge >= 0.3 is 0 Å². The van der Waals surface area contributed by atoms with Crippen molar-refractivity contribution in [3.05, 3.63) is 52.6 Å². The molecule has 0 bridgehead atoms. The molecule has 5 nitrogen and oxygen atoms in total. The Morgan fingerprint density at radius 3 is 2.10 bits per heavy atom. The molecule has 1 amide bonds. The zero-order valence-electron chi connectivity index (χ0n) is 18.7. The van der Waals surface area contributed by atoms with Crippen LogP contribution in [0.2, 0.25) is 0 Å². The van der Waals surface area contributed by atoms with Gasteiger partial charge in [0.2, 0.25) is 5.91 Å². The first-order chi connectivity index (χ1) is 13.8. The van der Waals surface area contributed by atoms with Gasteiger partial charge in [-0.2, -0.15) is 0 Å². The number of carbonyl (C=O) groups is 1. The van der Waals surface area contributed by atoms with E-state index in [2.05, 4.69) is 29.7 Å². The zero-order valence-corrected chi connectivity index (χ0v) is 18.7. The molecule has 2 aromatic carbocycles. The third-order valence-corrected chi connectivity index (χ3v) is 4.89. The lowest BCUT2D eigenvalue weighted by molar-refractivity contribution is -0.117. The number of anilines is 1. The van der Waals surface area contributed by atoms with Crippen LogP contribution in [-0.4, -0.2) is 25.2 Å². The van der Waals surface area contributed by atoms with Gasteiger partial charge in [0.05, 0.1) is 19.3 Å². The van der Waals surface area contributed by atoms with Gasteiger partial charge in [-0.05, 0) is 77.3 Å². The summed E-state index contributed by atoms with van der Waals surface area (Å²) < 4.78 is 11.3. The number of hydrogen-bond donors (Lipinski definition) is 2. The minimum absolute atomic E-state index is 0.0224. The summed E-state index contributed by atoms with van der Waals surface area (Å²) in [4.78, 5) is 12.8. The lowest BCUT2D eigenvalue weighted by Crippen LogP contribution is -2.39. The number of rotatable bonds is 9. The lowest BCUT2D eigenvalue weighted by atomic mass is 10.0. The first-order valence-electron chi connectivity index (χ1n) is 10.3. The molecule has 0 radical (unpaired) electrons. The number of aryl methyl sites for hydroxylation is 3. The Morgan fingerprint density at radius 1 is 0.931 bits per heavy atom. The predicted molar refractivity (Wildman–Crippen MR) is 119 cm³/mol. The molecule has 2 N–H and O–H groups in total. The molecule has 5 heteroatoms. The van der Waals surface area contributed by atoms with Gasteiger partial charge in [0.1, 0.15) is 0 Å². The highest BCUT2D eigenvalue weighted by molar-refractivity contribution is 5.96. The molecule has 2 rings (SSSR count). The van der Waals surface area contributed by atoms with Crippen LogP contribution in [0.5, 0.6) is 11.5 Å². The van der Waals surface area contributed by atoms with Crippen LogP contribution in [0.25, 0.3) is 0 Å². The Morgan fingerprint density at radius 2 is 1.52 bits per heavy atom. The summed E-state index contributed by atoms with van der Waals surface area (Å²) in [6.07, 6.45) is 0. The molecule has 0 aliphatic heterocycles. The van der Waals surface area contributed by atoms with Crippen LogP contribution in [0.1, 0.15) is 56.0 Å². The quantitative estimate of drug-likeness (QED) is 0.618. The molecule has 2 aromatic rings. The summed E-state index contributed by atoms with van der Waals surface area (Å²) in [6.45, 7) is 15.1. The van der Waals surface area contributed by atoms with Gasteiger partial charge < -0.3 is 14.8 Å². The summed E-state index contributed by atoms with van der Waals surface area (Å²) in [6, 6.07) is 9.69. The van der Waals surface area contributed by atoms with Crippen molar-refractivity contribution in [2.45, 2.75) is 60.5 Å². The van der Waals surface area contributed by atoms with Crippen LogP contribution in [0.4, 0.5) is 5.69 Å². The number of hydrogen-bond acceptors (Lipinski definition) is 4. The Labute approximate surface area is 174 Å². The highest BCUT2D eigenvalue weighted by Gasteiger charge is 2.19. The van der Waals surface area contributed by atoms with Crippen LogP contribution in [0.15, 0.2) is 30.3 Å². The number of nitrogens with one attached hydrogen (secondary N) is 2. The van der Waals surface area contributed by atoms with E-state index in [9.17, 15) is 4.79 Å². The van der Waals surface area contributed by atoms with E-state index in [1.54, 1.807) is 0 Å². The number of benzene rings is 2. The second-order valence-corrected chi connectivity index (χ2v) is 7.45. The molecule has 2 atom stereocenters. The van der Waals surface area contributed by atoms with Crippen molar-refractivity contribution in [1.29, 1.82) is 0 Å². The number of amides is 1. The van der Waals surface area contributed by atoms with Crippen molar-refractivity contribution < 1.29 is 14.3 Å². The first kappa shape index (κ1) is 22.8. The molecule has 29 heavy (non-hydrogen) atoms. The molecule has 0 saturated heterocycles. The molecule has 0 spiro atoms. The van der Waals surface area contributed by atoms with Gasteiger partial charge in [0.25, 0.3) is 0 Å². The molecule has 0 aromatic heterocycles. The van der Waals surface area contributed by atoms with Crippen molar-refractivity contribution in [3.8, 4) is 11.5 Å². The normalized spacial score (nSPS) is 12.9. The topological polar surface area (TPSA) is 59.6 Å². The monoisotopic (exact) mass is 398 g/mol. The average molecular weight is 399 g/mol. The SMILES string of the molecule is CCOc1ccc([C@@H](C)N[C@@H](C)C(=O)Nc2c(C)cc(C)cc2C)cc1OCC. The maximum Gasteiger partial charge on any atom is 0.241 e. The molecule has 0 saturated carbocycles. The predicted octanol–water partition coefficient (Wildman–Crippen LogP) is 5.09. The largest absolute Gasteiger partial charge is 0.490 e. The summed E-state index contributed by atoms with van der Waals surface area (Å²) in [5, 5.41) is 6.45. The molecule has 0 aliphatic rings. The van der Waals surface area contributed by atoms with Gasteiger partial charge in [-0.15, -0.1) is 0 Å². The van der Waals surface area contributed by atoms with Crippen molar-refractivity contribution >= 4 is 11.6 Å². The third kappa shape index (κ3) is 5.97. The first-order valence-corrected chi connectivity index (χ1v) is 10.3. The highest BCUT2D eigenvalue weighted by Crippen LogP contribution is 2.31. The molecule has 0 unspecified atom stereocenters. The Bertz CT molecular complexity index is 825. The maximum atomic E-state index is 12.8. The van der Waals surface area contributed by atoms with Gasteiger partial charge in [-0.25, -0.2) is 0 Å². The van der Waals surface area contributed by atoms with Crippen LogP contribution in [0.3, 0.4) is 0 Å². The van der Waals surface area contributed by atoms with Gasteiger partial charge in [0.15, 0.2) is 11.5 Å². The van der Waals surface area contributed by atoms with E-state index in [-0.39, 0.29) is 18.0 Å². The molecular formula is C24H34N2O3. The highest BCUT2D eigenvalue weighted by atomic mass is 16.5. The molecule has 0 fully saturated rings. The van der Waals surface area contributed by atoms with Crippen molar-refractivity contribution in [2.75, 3.05) is 18.5 Å². The van der Waals surface area contributed by atoms with E-state index in [1.165, 1.54) is 5.56 Å². The van der Waals surface area contributed by atoms with E-state index < -0.39 is 0 Å². The summed E-state index contributed by atoms with van der Waals surface area (Å²) >= 11 is 0. The lowest BCUT2D eigenvalue weighted by Gasteiger charge is -2.22. The summed E-state index contributed by atoms with van der Waals surface area (Å²) in [5.41, 5.74) is 5.27. The van der Waals surface area contributed by atoms with Gasteiger partial charge in [-0.3, -0.25) is 10.1 Å². The van der Waals surface area contributed by atoms with E-state index >= 15 is 0 Å². The average Bonchev–Trinajstić information content (AvgIpc) is 2.66. The Hall–Kier alpha value is -2.53. The minimum atomic E-state index is -0.354. The molecule has 0 aliphatic carbocycles. The maximum absolute atomic E-state index is 12.8. The second kappa shape index (κ2) is 10.3. The number of ether oxygens (including phenoxy) is 2. The standard InChI is InChI=1S/C24H34N2O3/c1-8-28-21-11-10-20(14-22(21)29-9-2)18(6)25-19(7)24(27)26-23-16(4)12-15(3)13-17(23)5/h10-14,18-19,25H,8-9H2,1-7H3,(H,26,27)/t18-,19+/m1/s1. The third-order valence-electron chi connectivity index (χ3n) is 4.89. The van der Waals surface area contributed by atoms with E-state index in [1.807, 2.05) is 59.7 Å². The fourth-order valence-corrected chi connectivity index (χ4v) is 3.49. The fourth-order valence-electron chi connectivity index (χ4n) is 3.49. The summed E-state index contributed by atoms with van der Waals surface area (Å²) in [7, 11) is 0. The Balaban J connectivity index is 2.09. The minimum Gasteiger partial charge on any atom is -0.490 e. The van der Waals surface area contributed by atoms with Crippen molar-refractivity contribution in [3.63, 3.8) is 0 Å². The van der Waals surface area contributed by atoms with Crippen LogP contribution in [-0.2, 0) is 4.79 Å². The summed E-state index contributed by atoms with van der Waals surface area (Å²) in [5.74, 6) is 1.41. The van der Waals surface area contributed by atoms with Gasteiger partial charge in [0, 0.05) is 11.7 Å². The van der Waals surface area contributed by atoms with Crippen molar-refractivity contribution in [2.24, 2.45) is 0 Å². The van der Waals surface area contributed by atoms with Crippen LogP contribution >= 0.6 is 0 Å². The fraction of sp³-hybridized carbons (Fsp3) is 0.458. The van der Waals surface area contributed by atoms with E-state index in [0.29, 0.717) is 13.2 Å². The molecule has 0 heterocycles. The van der Waals surface area contributed by atoms with E-state index in [0.717, 1.165) is 33.9 Å². The van der Waals surface area contributed by atoms with Crippen molar-refractivity contribution in [1.82, 2.24) is 5.32 Å². The molecular weight excluding hydrogens is 364 g/mol. The van der Waals surface area contributed by atoms with E-state index in [4.69, 9.17) is 9.47 Å². The second-order valence-electron chi connectivity index (χ2n) is 7.45. The van der Waals surface area contributed by atoms with Crippen LogP contribution in [0, 0.1) is 20.8 Å². The van der Waals surface area contributed by atoms with Crippen LogP contribution < -0.4 is 20.1 Å². The molecule has 158 valence electrons. The smallest absolute Gasteiger partial charge is 0.241 e. The zero-order chi connectivity index (χ0) is 21.6.